The van der Waals surface area contributed by atoms with Crippen LogP contribution in [0.4, 0.5) is 11.5 Å². The summed E-state index contributed by atoms with van der Waals surface area (Å²) in [6.45, 7) is 1.95. The summed E-state index contributed by atoms with van der Waals surface area (Å²) in [6.07, 6.45) is 0.616. The van der Waals surface area contributed by atoms with E-state index in [1.54, 1.807) is 0 Å². The highest BCUT2D eigenvalue weighted by Gasteiger charge is 2.20. The number of pyridine rings is 1. The molecule has 0 aliphatic rings. The molecule has 1 heterocycles. The van der Waals surface area contributed by atoms with Crippen LogP contribution in [-0.4, -0.2) is 19.1 Å². The van der Waals surface area contributed by atoms with Crippen LogP contribution in [0.2, 0.25) is 0 Å². The van der Waals surface area contributed by atoms with Crippen molar-refractivity contribution >= 4 is 23.3 Å². The molecule has 0 amide bonds. The van der Waals surface area contributed by atoms with E-state index < -0.39 is 0 Å². The monoisotopic (exact) mass is 337 g/mol. The molecule has 0 bridgehead atoms. The predicted molar refractivity (Wildman–Crippen MR) is 97.8 cm³/mol. The molecule has 6 heteroatoms. The molecule has 0 radical (unpaired) electrons. The topological polar surface area (TPSA) is 89.7 Å². The SMILES string of the molecule is CCc1c(C#N)c(SCc2ccc(N)cc2)nc(N(C)C)c1C#N. The maximum absolute atomic E-state index is 9.57. The lowest BCUT2D eigenvalue weighted by molar-refractivity contribution is 0.964. The van der Waals surface area contributed by atoms with Crippen LogP contribution in [0.15, 0.2) is 29.3 Å². The van der Waals surface area contributed by atoms with Gasteiger partial charge in [0.2, 0.25) is 0 Å². The summed E-state index contributed by atoms with van der Waals surface area (Å²) in [5.74, 6) is 1.29. The van der Waals surface area contributed by atoms with Gasteiger partial charge in [-0.05, 0) is 29.7 Å². The highest BCUT2D eigenvalue weighted by Crippen LogP contribution is 2.32. The zero-order valence-corrected chi connectivity index (χ0v) is 14.8. The Kier molecular flexibility index (Phi) is 5.68. The Morgan fingerprint density at radius 1 is 1.12 bits per heavy atom. The molecular formula is C18H19N5S. The Balaban J connectivity index is 2.45. The van der Waals surface area contributed by atoms with Crippen molar-refractivity contribution in [3.05, 3.63) is 46.5 Å². The molecular weight excluding hydrogens is 318 g/mol. The van der Waals surface area contributed by atoms with Gasteiger partial charge < -0.3 is 10.6 Å². The van der Waals surface area contributed by atoms with E-state index in [1.165, 1.54) is 11.8 Å². The first-order chi connectivity index (χ1) is 11.5. The molecule has 2 N–H and O–H groups in total. The van der Waals surface area contributed by atoms with Crippen LogP contribution in [0.1, 0.15) is 29.2 Å². The minimum atomic E-state index is 0.482. The third kappa shape index (κ3) is 3.61. The molecule has 2 aromatic rings. The second kappa shape index (κ2) is 7.72. The third-order valence-electron chi connectivity index (χ3n) is 3.60. The van der Waals surface area contributed by atoms with Gasteiger partial charge in [0.25, 0.3) is 0 Å². The van der Waals surface area contributed by atoms with E-state index in [2.05, 4.69) is 17.1 Å². The van der Waals surface area contributed by atoms with Gasteiger partial charge in [-0.1, -0.05) is 19.1 Å². The van der Waals surface area contributed by atoms with Crippen molar-refractivity contribution in [2.75, 3.05) is 24.7 Å². The van der Waals surface area contributed by atoms with E-state index in [1.807, 2.05) is 50.2 Å². The molecule has 0 fully saturated rings. The molecule has 0 saturated carbocycles. The van der Waals surface area contributed by atoms with Gasteiger partial charge >= 0.3 is 0 Å². The number of hydrogen-bond acceptors (Lipinski definition) is 6. The first-order valence-electron chi connectivity index (χ1n) is 7.53. The summed E-state index contributed by atoms with van der Waals surface area (Å²) in [5.41, 5.74) is 9.28. The highest BCUT2D eigenvalue weighted by molar-refractivity contribution is 7.98. The lowest BCUT2D eigenvalue weighted by Crippen LogP contribution is -2.15. The number of rotatable bonds is 5. The zero-order valence-electron chi connectivity index (χ0n) is 14.0. The van der Waals surface area contributed by atoms with Gasteiger partial charge in [-0.15, -0.1) is 11.8 Å². The van der Waals surface area contributed by atoms with Crippen LogP contribution in [0, 0.1) is 22.7 Å². The average Bonchev–Trinajstić information content (AvgIpc) is 2.59. The van der Waals surface area contributed by atoms with Crippen molar-refractivity contribution in [2.45, 2.75) is 24.1 Å². The van der Waals surface area contributed by atoms with Gasteiger partial charge in [0.1, 0.15) is 23.0 Å². The maximum Gasteiger partial charge on any atom is 0.147 e. The Morgan fingerprint density at radius 3 is 2.25 bits per heavy atom. The van der Waals surface area contributed by atoms with Gasteiger partial charge in [0.15, 0.2) is 0 Å². The number of thioether (sulfide) groups is 1. The fourth-order valence-corrected chi connectivity index (χ4v) is 3.34. The molecule has 0 atom stereocenters. The fraction of sp³-hybridized carbons (Fsp3) is 0.278. The Bertz CT molecular complexity index is 813. The van der Waals surface area contributed by atoms with Crippen LogP contribution in [0.5, 0.6) is 0 Å². The summed E-state index contributed by atoms with van der Waals surface area (Å²) >= 11 is 1.50. The van der Waals surface area contributed by atoms with Crippen LogP contribution in [0.25, 0.3) is 0 Å². The molecule has 0 spiro atoms. The fourth-order valence-electron chi connectivity index (χ4n) is 2.38. The van der Waals surface area contributed by atoms with E-state index >= 15 is 0 Å². The summed E-state index contributed by atoms with van der Waals surface area (Å²) in [7, 11) is 3.70. The second-order valence-electron chi connectivity index (χ2n) is 5.47. The van der Waals surface area contributed by atoms with Crippen LogP contribution in [0.3, 0.4) is 0 Å². The largest absolute Gasteiger partial charge is 0.399 e. The minimum absolute atomic E-state index is 0.482. The molecule has 0 saturated heterocycles. The number of nitrogens with two attached hydrogens (primary N) is 1. The van der Waals surface area contributed by atoms with Crippen LogP contribution < -0.4 is 10.6 Å². The Hall–Kier alpha value is -2.70. The number of nitriles is 2. The van der Waals surface area contributed by atoms with Crippen molar-refractivity contribution in [3.8, 4) is 12.1 Å². The average molecular weight is 337 g/mol. The summed E-state index contributed by atoms with van der Waals surface area (Å²) in [5, 5.41) is 19.7. The highest BCUT2D eigenvalue weighted by atomic mass is 32.2. The number of benzene rings is 1. The number of aromatic nitrogens is 1. The van der Waals surface area contributed by atoms with E-state index in [0.717, 1.165) is 16.8 Å². The van der Waals surface area contributed by atoms with Gasteiger partial charge in [-0.25, -0.2) is 4.98 Å². The number of nitrogen functional groups attached to an aromatic ring is 1. The molecule has 122 valence electrons. The zero-order chi connectivity index (χ0) is 17.7. The van der Waals surface area contributed by atoms with E-state index in [4.69, 9.17) is 5.73 Å². The third-order valence-corrected chi connectivity index (χ3v) is 4.65. The van der Waals surface area contributed by atoms with Crippen molar-refractivity contribution in [2.24, 2.45) is 0 Å². The lowest BCUT2D eigenvalue weighted by Gasteiger charge is -2.18. The number of hydrogen-bond donors (Lipinski definition) is 1. The van der Waals surface area contributed by atoms with E-state index in [-0.39, 0.29) is 0 Å². The summed E-state index contributed by atoms with van der Waals surface area (Å²) in [4.78, 5) is 6.39. The molecule has 0 aliphatic heterocycles. The first-order valence-corrected chi connectivity index (χ1v) is 8.52. The van der Waals surface area contributed by atoms with Crippen molar-refractivity contribution in [3.63, 3.8) is 0 Å². The summed E-state index contributed by atoms with van der Waals surface area (Å²) in [6, 6.07) is 12.1. The van der Waals surface area contributed by atoms with Crippen LogP contribution in [-0.2, 0) is 12.2 Å². The maximum atomic E-state index is 9.57. The minimum Gasteiger partial charge on any atom is -0.399 e. The Labute approximate surface area is 146 Å². The number of anilines is 2. The van der Waals surface area contributed by atoms with Gasteiger partial charge in [0, 0.05) is 25.5 Å². The van der Waals surface area contributed by atoms with Gasteiger partial charge in [-0.3, -0.25) is 0 Å². The first kappa shape index (κ1) is 17.7. The lowest BCUT2D eigenvalue weighted by atomic mass is 10.0. The quantitative estimate of drug-likeness (QED) is 0.665. The summed E-state index contributed by atoms with van der Waals surface area (Å²) < 4.78 is 0. The molecule has 24 heavy (non-hydrogen) atoms. The number of nitrogens with zero attached hydrogens (tertiary/aromatic N) is 4. The molecule has 5 nitrogen and oxygen atoms in total. The van der Waals surface area contributed by atoms with Gasteiger partial charge in [-0.2, -0.15) is 10.5 Å². The Morgan fingerprint density at radius 2 is 1.75 bits per heavy atom. The predicted octanol–water partition coefficient (Wildman–Crippen LogP) is 3.33. The van der Waals surface area contributed by atoms with Crippen molar-refractivity contribution in [1.82, 2.24) is 4.98 Å². The van der Waals surface area contributed by atoms with Crippen molar-refractivity contribution < 1.29 is 0 Å². The van der Waals surface area contributed by atoms with E-state index in [0.29, 0.717) is 34.1 Å². The molecule has 2 rings (SSSR count). The van der Waals surface area contributed by atoms with Crippen molar-refractivity contribution in [1.29, 1.82) is 10.5 Å². The molecule has 1 aromatic heterocycles. The standard InChI is InChI=1S/C18H19N5S/c1-4-14-15(9-19)17(23(2)3)22-18(16(14)10-20)24-11-12-5-7-13(21)8-6-12/h5-8H,4,11,21H2,1-3H3. The smallest absolute Gasteiger partial charge is 0.147 e. The molecule has 1 aromatic carbocycles. The van der Waals surface area contributed by atoms with Gasteiger partial charge in [0.05, 0.1) is 11.1 Å². The molecule has 0 unspecified atom stereocenters. The second-order valence-corrected chi connectivity index (χ2v) is 6.44. The normalized spacial score (nSPS) is 10.0. The van der Waals surface area contributed by atoms with Crippen LogP contribution >= 0.6 is 11.8 Å². The van der Waals surface area contributed by atoms with E-state index in [9.17, 15) is 10.5 Å². The molecule has 0 aliphatic carbocycles.